The van der Waals surface area contributed by atoms with Gasteiger partial charge in [0, 0.05) is 18.9 Å². The third-order valence-corrected chi connectivity index (χ3v) is 3.40. The summed E-state index contributed by atoms with van der Waals surface area (Å²) in [6.07, 6.45) is 5.20. The predicted molar refractivity (Wildman–Crippen MR) is 75.2 cm³/mol. The Balaban J connectivity index is 1.50. The monoisotopic (exact) mass is 257 g/mol. The van der Waals surface area contributed by atoms with Crippen LogP contribution in [0.5, 0.6) is 5.75 Å². The van der Waals surface area contributed by atoms with Gasteiger partial charge in [-0.1, -0.05) is 18.2 Å². The number of aromatic nitrogens is 2. The van der Waals surface area contributed by atoms with E-state index in [1.165, 1.54) is 18.5 Å². The molecule has 2 N–H and O–H groups in total. The third-order valence-electron chi connectivity index (χ3n) is 3.40. The summed E-state index contributed by atoms with van der Waals surface area (Å²) in [4.78, 5) is 0. The highest BCUT2D eigenvalue weighted by Gasteiger charge is 2.29. The number of anilines is 1. The van der Waals surface area contributed by atoms with Gasteiger partial charge in [-0.15, -0.1) is 0 Å². The van der Waals surface area contributed by atoms with E-state index < -0.39 is 0 Å². The van der Waals surface area contributed by atoms with Crippen molar-refractivity contribution in [3.05, 3.63) is 42.2 Å². The van der Waals surface area contributed by atoms with Crippen molar-refractivity contribution in [2.45, 2.75) is 31.7 Å². The van der Waals surface area contributed by atoms with Gasteiger partial charge in [0.25, 0.3) is 0 Å². The Bertz CT molecular complexity index is 532. The van der Waals surface area contributed by atoms with Crippen LogP contribution in [-0.4, -0.2) is 16.4 Å². The number of nitrogens with zero attached hydrogens (tertiary/aromatic N) is 2. The summed E-state index contributed by atoms with van der Waals surface area (Å²) in [5, 5.41) is 4.36. The highest BCUT2D eigenvalue weighted by atomic mass is 16.5. The molecule has 0 bridgehead atoms. The average Bonchev–Trinajstić information content (AvgIpc) is 3.20. The lowest BCUT2D eigenvalue weighted by atomic mass is 10.2. The lowest BCUT2D eigenvalue weighted by Gasteiger charge is -2.08. The van der Waals surface area contributed by atoms with E-state index in [9.17, 15) is 0 Å². The second-order valence-electron chi connectivity index (χ2n) is 5.00. The Morgan fingerprint density at radius 1 is 1.26 bits per heavy atom. The van der Waals surface area contributed by atoms with Crippen molar-refractivity contribution in [1.82, 2.24) is 9.78 Å². The van der Waals surface area contributed by atoms with Crippen LogP contribution in [0.15, 0.2) is 36.5 Å². The smallest absolute Gasteiger partial charge is 0.119 e. The summed E-state index contributed by atoms with van der Waals surface area (Å²) < 4.78 is 7.72. The molecule has 0 saturated heterocycles. The van der Waals surface area contributed by atoms with Gasteiger partial charge in [0.1, 0.15) is 5.75 Å². The minimum Gasteiger partial charge on any atom is -0.494 e. The number of benzene rings is 1. The number of nitrogen functional groups attached to an aromatic ring is 1. The van der Waals surface area contributed by atoms with Gasteiger partial charge in [-0.05, 0) is 25.0 Å². The average molecular weight is 257 g/mol. The molecular formula is C15H19N3O. The highest BCUT2D eigenvalue weighted by Crippen LogP contribution is 2.42. The van der Waals surface area contributed by atoms with Crippen molar-refractivity contribution in [1.29, 1.82) is 0 Å². The topological polar surface area (TPSA) is 53.1 Å². The normalized spacial score (nSPS) is 14.5. The molecule has 19 heavy (non-hydrogen) atoms. The minimum atomic E-state index is 0.637. The zero-order valence-electron chi connectivity index (χ0n) is 11.0. The molecule has 1 aromatic heterocycles. The molecule has 0 radical (unpaired) electrons. The fourth-order valence-electron chi connectivity index (χ4n) is 2.31. The van der Waals surface area contributed by atoms with Crippen LogP contribution in [-0.2, 0) is 6.54 Å². The van der Waals surface area contributed by atoms with Crippen LogP contribution < -0.4 is 10.5 Å². The Labute approximate surface area is 113 Å². The third kappa shape index (κ3) is 2.89. The zero-order chi connectivity index (χ0) is 13.1. The van der Waals surface area contributed by atoms with E-state index in [0.29, 0.717) is 12.5 Å². The molecule has 1 aliphatic rings. The molecule has 4 heteroatoms. The Kier molecular flexibility index (Phi) is 3.40. The van der Waals surface area contributed by atoms with Gasteiger partial charge in [-0.2, -0.15) is 5.10 Å². The molecule has 4 nitrogen and oxygen atoms in total. The van der Waals surface area contributed by atoms with Gasteiger partial charge in [-0.25, -0.2) is 0 Å². The minimum absolute atomic E-state index is 0.637. The molecule has 1 heterocycles. The van der Waals surface area contributed by atoms with E-state index in [-0.39, 0.29) is 0 Å². The van der Waals surface area contributed by atoms with Crippen molar-refractivity contribution < 1.29 is 4.74 Å². The van der Waals surface area contributed by atoms with E-state index in [4.69, 9.17) is 10.5 Å². The number of hydrogen-bond donors (Lipinski definition) is 1. The van der Waals surface area contributed by atoms with Crippen molar-refractivity contribution in [3.8, 4) is 5.75 Å². The van der Waals surface area contributed by atoms with Gasteiger partial charge in [0.05, 0.1) is 24.2 Å². The second-order valence-corrected chi connectivity index (χ2v) is 5.00. The quantitative estimate of drug-likeness (QED) is 0.810. The van der Waals surface area contributed by atoms with Crippen molar-refractivity contribution in [3.63, 3.8) is 0 Å². The number of ether oxygens (including phenoxy) is 1. The molecule has 0 unspecified atom stereocenters. The summed E-state index contributed by atoms with van der Waals surface area (Å²) in [5.41, 5.74) is 8.02. The van der Waals surface area contributed by atoms with Crippen LogP contribution >= 0.6 is 0 Å². The molecular weight excluding hydrogens is 238 g/mol. The van der Waals surface area contributed by atoms with E-state index in [1.54, 1.807) is 6.20 Å². The number of para-hydroxylation sites is 1. The molecule has 2 aromatic rings. The lowest BCUT2D eigenvalue weighted by Crippen LogP contribution is -2.09. The first-order valence-electron chi connectivity index (χ1n) is 6.83. The van der Waals surface area contributed by atoms with Gasteiger partial charge in [0.2, 0.25) is 0 Å². The van der Waals surface area contributed by atoms with Crippen molar-refractivity contribution in [2.24, 2.45) is 0 Å². The number of hydrogen-bond acceptors (Lipinski definition) is 3. The predicted octanol–water partition coefficient (Wildman–Crippen LogP) is 2.81. The molecule has 0 spiro atoms. The summed E-state index contributed by atoms with van der Waals surface area (Å²) in [7, 11) is 0. The summed E-state index contributed by atoms with van der Waals surface area (Å²) >= 11 is 0. The van der Waals surface area contributed by atoms with Crippen molar-refractivity contribution in [2.75, 3.05) is 12.3 Å². The maximum atomic E-state index is 5.96. The van der Waals surface area contributed by atoms with Crippen LogP contribution in [0.2, 0.25) is 0 Å². The largest absolute Gasteiger partial charge is 0.494 e. The molecule has 3 rings (SSSR count). The second kappa shape index (κ2) is 5.34. The van der Waals surface area contributed by atoms with Crippen LogP contribution in [0.25, 0.3) is 0 Å². The van der Waals surface area contributed by atoms with Gasteiger partial charge in [0.15, 0.2) is 0 Å². The standard InChI is InChI=1S/C15H19N3O/c16-14-11-17-18(15(14)12-7-8-12)9-4-10-19-13-5-2-1-3-6-13/h1-3,5-6,11-12H,4,7-10,16H2. The van der Waals surface area contributed by atoms with E-state index >= 15 is 0 Å². The first-order chi connectivity index (χ1) is 9.34. The highest BCUT2D eigenvalue weighted by molar-refractivity contribution is 5.44. The maximum Gasteiger partial charge on any atom is 0.119 e. The Morgan fingerprint density at radius 2 is 2.05 bits per heavy atom. The van der Waals surface area contributed by atoms with Gasteiger partial charge >= 0.3 is 0 Å². The summed E-state index contributed by atoms with van der Waals surface area (Å²) in [6, 6.07) is 9.90. The van der Waals surface area contributed by atoms with Crippen molar-refractivity contribution >= 4 is 5.69 Å². The summed E-state index contributed by atoms with van der Waals surface area (Å²) in [5.74, 6) is 1.56. The molecule has 100 valence electrons. The first kappa shape index (κ1) is 12.1. The molecule has 1 aromatic carbocycles. The lowest BCUT2D eigenvalue weighted by molar-refractivity contribution is 0.297. The fourth-order valence-corrected chi connectivity index (χ4v) is 2.31. The number of rotatable bonds is 6. The van der Waals surface area contributed by atoms with Crippen LogP contribution in [0.1, 0.15) is 30.9 Å². The maximum absolute atomic E-state index is 5.96. The number of aryl methyl sites for hydroxylation is 1. The van der Waals surface area contributed by atoms with E-state index in [2.05, 4.69) is 5.10 Å². The summed E-state index contributed by atoms with van der Waals surface area (Å²) in [6.45, 7) is 1.57. The van der Waals surface area contributed by atoms with Gasteiger partial charge in [-0.3, -0.25) is 4.68 Å². The molecule has 0 atom stereocenters. The number of nitrogens with two attached hydrogens (primary N) is 1. The van der Waals surface area contributed by atoms with Crippen LogP contribution in [0.4, 0.5) is 5.69 Å². The Hall–Kier alpha value is -1.97. The SMILES string of the molecule is Nc1cnn(CCCOc2ccccc2)c1C1CC1. The molecule has 0 aliphatic heterocycles. The molecule has 1 fully saturated rings. The van der Waals surface area contributed by atoms with Crippen LogP contribution in [0.3, 0.4) is 0 Å². The molecule has 1 aliphatic carbocycles. The zero-order valence-corrected chi connectivity index (χ0v) is 11.0. The Morgan fingerprint density at radius 3 is 2.79 bits per heavy atom. The van der Waals surface area contributed by atoms with Crippen LogP contribution in [0, 0.1) is 0 Å². The van der Waals surface area contributed by atoms with E-state index in [0.717, 1.165) is 24.4 Å². The first-order valence-corrected chi connectivity index (χ1v) is 6.83. The fraction of sp³-hybridized carbons (Fsp3) is 0.400. The molecule has 1 saturated carbocycles. The van der Waals surface area contributed by atoms with E-state index in [1.807, 2.05) is 35.0 Å². The molecule has 0 amide bonds. The van der Waals surface area contributed by atoms with Gasteiger partial charge < -0.3 is 10.5 Å².